The Morgan fingerprint density at radius 3 is 2.45 bits per heavy atom. The van der Waals surface area contributed by atoms with E-state index in [4.69, 9.17) is 0 Å². The Kier molecular flexibility index (Phi) is 2.53. The van der Waals surface area contributed by atoms with Crippen LogP contribution in [0.2, 0.25) is 0 Å². The first-order valence-corrected chi connectivity index (χ1v) is 4.34. The van der Waals surface area contributed by atoms with Crippen LogP contribution in [0.1, 0.15) is 27.2 Å². The second-order valence-electron chi connectivity index (χ2n) is 4.68. The maximum absolute atomic E-state index is 12.7. The lowest BCUT2D eigenvalue weighted by molar-refractivity contribution is 0.211. The minimum absolute atomic E-state index is 0.310. The molecule has 1 aliphatic heterocycles. The van der Waals surface area contributed by atoms with Crippen LogP contribution in [0.5, 0.6) is 0 Å². The summed E-state index contributed by atoms with van der Waals surface area (Å²) < 4.78 is 12.7. The molecule has 1 heterocycles. The van der Waals surface area contributed by atoms with Gasteiger partial charge in [0.15, 0.2) is 0 Å². The van der Waals surface area contributed by atoms with Crippen molar-refractivity contribution in [3.63, 3.8) is 0 Å². The molecule has 0 aromatic heterocycles. The summed E-state index contributed by atoms with van der Waals surface area (Å²) in [7, 11) is 0. The molecule has 0 N–H and O–H groups in total. The Hall–Kier alpha value is -0.110. The molecule has 1 saturated heterocycles. The molecule has 11 heavy (non-hydrogen) atoms. The fourth-order valence-corrected chi connectivity index (χ4v) is 1.60. The van der Waals surface area contributed by atoms with Crippen molar-refractivity contribution >= 4 is 0 Å². The molecule has 0 saturated carbocycles. The highest BCUT2D eigenvalue weighted by atomic mass is 19.1. The maximum atomic E-state index is 12.7. The first kappa shape index (κ1) is 8.98. The lowest BCUT2D eigenvalue weighted by atomic mass is 9.96. The molecule has 0 spiro atoms. The molecule has 66 valence electrons. The van der Waals surface area contributed by atoms with Crippen molar-refractivity contribution in [2.75, 3.05) is 19.6 Å². The summed E-state index contributed by atoms with van der Waals surface area (Å²) in [6.45, 7) is 9.19. The van der Waals surface area contributed by atoms with E-state index in [9.17, 15) is 4.39 Å². The number of nitrogens with zero attached hydrogens (tertiary/aromatic N) is 1. The Labute approximate surface area is 68.6 Å². The zero-order valence-corrected chi connectivity index (χ0v) is 7.73. The molecule has 1 fully saturated rings. The van der Waals surface area contributed by atoms with Crippen molar-refractivity contribution in [3.05, 3.63) is 0 Å². The van der Waals surface area contributed by atoms with E-state index in [1.165, 1.54) is 0 Å². The van der Waals surface area contributed by atoms with E-state index >= 15 is 0 Å². The van der Waals surface area contributed by atoms with Crippen molar-refractivity contribution < 1.29 is 4.39 Å². The summed E-state index contributed by atoms with van der Waals surface area (Å²) in [5, 5.41) is 0. The van der Waals surface area contributed by atoms with Gasteiger partial charge in [-0.3, -0.25) is 4.90 Å². The first-order chi connectivity index (χ1) is 4.97. The van der Waals surface area contributed by atoms with Gasteiger partial charge < -0.3 is 0 Å². The summed E-state index contributed by atoms with van der Waals surface area (Å²) in [5.41, 5.74) is 0.310. The Morgan fingerprint density at radius 1 is 1.45 bits per heavy atom. The van der Waals surface area contributed by atoms with Crippen LogP contribution >= 0.6 is 0 Å². The fraction of sp³-hybridized carbons (Fsp3) is 1.00. The van der Waals surface area contributed by atoms with Crippen LogP contribution in [0.15, 0.2) is 0 Å². The number of alkyl halides is 1. The highest BCUT2D eigenvalue weighted by Gasteiger charge is 2.25. The lowest BCUT2D eigenvalue weighted by Crippen LogP contribution is -2.30. The topological polar surface area (TPSA) is 3.24 Å². The van der Waals surface area contributed by atoms with E-state index in [1.54, 1.807) is 0 Å². The Morgan fingerprint density at radius 2 is 2.09 bits per heavy atom. The van der Waals surface area contributed by atoms with Gasteiger partial charge in [0.2, 0.25) is 0 Å². The zero-order chi connectivity index (χ0) is 8.48. The Balaban J connectivity index is 2.29. The summed E-state index contributed by atoms with van der Waals surface area (Å²) in [5.74, 6) is 0. The van der Waals surface area contributed by atoms with Gasteiger partial charge in [-0.2, -0.15) is 0 Å². The molecule has 2 heteroatoms. The van der Waals surface area contributed by atoms with Gasteiger partial charge in [0.05, 0.1) is 0 Å². The van der Waals surface area contributed by atoms with Crippen LogP contribution in [-0.4, -0.2) is 30.7 Å². The molecule has 0 bridgehead atoms. The van der Waals surface area contributed by atoms with Gasteiger partial charge in [0.25, 0.3) is 0 Å². The maximum Gasteiger partial charge on any atom is 0.114 e. The fourth-order valence-electron chi connectivity index (χ4n) is 1.60. The minimum Gasteiger partial charge on any atom is -0.300 e. The average molecular weight is 159 g/mol. The van der Waals surface area contributed by atoms with Crippen molar-refractivity contribution in [1.29, 1.82) is 0 Å². The number of halogens is 1. The predicted octanol–water partition coefficient (Wildman–Crippen LogP) is 2.08. The molecule has 0 aliphatic carbocycles. The number of hydrogen-bond acceptors (Lipinski definition) is 1. The van der Waals surface area contributed by atoms with E-state index in [-0.39, 0.29) is 0 Å². The molecule has 0 aromatic carbocycles. The highest BCUT2D eigenvalue weighted by molar-refractivity contribution is 4.78. The monoisotopic (exact) mass is 159 g/mol. The molecule has 1 rings (SSSR count). The summed E-state index contributed by atoms with van der Waals surface area (Å²) in [6, 6.07) is 0. The van der Waals surface area contributed by atoms with Crippen molar-refractivity contribution in [1.82, 2.24) is 4.90 Å². The quantitative estimate of drug-likeness (QED) is 0.566. The lowest BCUT2D eigenvalue weighted by Gasteiger charge is -2.25. The van der Waals surface area contributed by atoms with E-state index in [0.717, 1.165) is 19.5 Å². The minimum atomic E-state index is -0.572. The van der Waals surface area contributed by atoms with Crippen molar-refractivity contribution in [3.8, 4) is 0 Å². The van der Waals surface area contributed by atoms with Crippen molar-refractivity contribution in [2.24, 2.45) is 5.41 Å². The molecular weight excluding hydrogens is 141 g/mol. The van der Waals surface area contributed by atoms with Gasteiger partial charge in [0, 0.05) is 19.6 Å². The smallest absolute Gasteiger partial charge is 0.114 e. The number of rotatable bonds is 1. The molecule has 0 radical (unpaired) electrons. The van der Waals surface area contributed by atoms with Gasteiger partial charge in [-0.25, -0.2) is 4.39 Å². The van der Waals surface area contributed by atoms with Gasteiger partial charge in [-0.05, 0) is 11.8 Å². The van der Waals surface area contributed by atoms with Crippen LogP contribution in [0.4, 0.5) is 4.39 Å². The highest BCUT2D eigenvalue weighted by Crippen LogP contribution is 2.20. The molecule has 0 aromatic rings. The summed E-state index contributed by atoms with van der Waals surface area (Å²) in [4.78, 5) is 2.21. The third kappa shape index (κ3) is 3.19. The molecule has 1 unspecified atom stereocenters. The average Bonchev–Trinajstić information content (AvgIpc) is 2.10. The standard InChI is InChI=1S/C9H18FN/c1-9(2,3)7-11-5-4-8(10)6-11/h8H,4-7H2,1-3H3. The third-order valence-corrected chi connectivity index (χ3v) is 1.91. The van der Waals surface area contributed by atoms with E-state index < -0.39 is 6.17 Å². The van der Waals surface area contributed by atoms with E-state index in [0.29, 0.717) is 12.0 Å². The summed E-state index contributed by atoms with van der Waals surface area (Å²) >= 11 is 0. The number of hydrogen-bond donors (Lipinski definition) is 0. The van der Waals surface area contributed by atoms with Crippen molar-refractivity contribution in [2.45, 2.75) is 33.4 Å². The molecule has 0 amide bonds. The first-order valence-electron chi connectivity index (χ1n) is 4.34. The van der Waals surface area contributed by atoms with Crippen LogP contribution < -0.4 is 0 Å². The largest absolute Gasteiger partial charge is 0.300 e. The van der Waals surface area contributed by atoms with Crippen LogP contribution in [0, 0.1) is 5.41 Å². The van der Waals surface area contributed by atoms with Crippen LogP contribution in [0.25, 0.3) is 0 Å². The third-order valence-electron chi connectivity index (χ3n) is 1.91. The molecule has 1 nitrogen and oxygen atoms in total. The molecule has 1 aliphatic rings. The normalized spacial score (nSPS) is 27.8. The molecular formula is C9H18FN. The van der Waals surface area contributed by atoms with Gasteiger partial charge in [-0.15, -0.1) is 0 Å². The van der Waals surface area contributed by atoms with Crippen LogP contribution in [0.3, 0.4) is 0 Å². The summed E-state index contributed by atoms with van der Waals surface area (Å²) in [6.07, 6.45) is 0.160. The van der Waals surface area contributed by atoms with Crippen LogP contribution in [-0.2, 0) is 0 Å². The second kappa shape index (κ2) is 3.10. The predicted molar refractivity (Wildman–Crippen MR) is 45.4 cm³/mol. The van der Waals surface area contributed by atoms with E-state index in [1.807, 2.05) is 0 Å². The Bertz CT molecular complexity index is 128. The van der Waals surface area contributed by atoms with Gasteiger partial charge >= 0.3 is 0 Å². The number of likely N-dealkylation sites (tertiary alicyclic amines) is 1. The SMILES string of the molecule is CC(C)(C)CN1CCC(F)C1. The van der Waals surface area contributed by atoms with Gasteiger partial charge in [0.1, 0.15) is 6.17 Å². The zero-order valence-electron chi connectivity index (χ0n) is 7.73. The van der Waals surface area contributed by atoms with E-state index in [2.05, 4.69) is 25.7 Å². The van der Waals surface area contributed by atoms with Gasteiger partial charge in [-0.1, -0.05) is 20.8 Å². The second-order valence-corrected chi connectivity index (χ2v) is 4.68. The molecule has 1 atom stereocenters.